The zero-order chi connectivity index (χ0) is 10.7. The third-order valence-corrected chi connectivity index (χ3v) is 2.31. The summed E-state index contributed by atoms with van der Waals surface area (Å²) in [6.45, 7) is 10.2. The lowest BCUT2D eigenvalue weighted by Crippen LogP contribution is -1.85. The van der Waals surface area contributed by atoms with Crippen molar-refractivity contribution in [1.29, 1.82) is 0 Å². The van der Waals surface area contributed by atoms with Crippen LogP contribution in [0.25, 0.3) is 11.1 Å². The van der Waals surface area contributed by atoms with Crippen LogP contribution in [0.4, 0.5) is 0 Å². The summed E-state index contributed by atoms with van der Waals surface area (Å²) in [5.74, 6) is 0. The van der Waals surface area contributed by atoms with E-state index in [1.165, 1.54) is 17.5 Å². The smallest absolute Gasteiger partial charge is 0.182 e. The van der Waals surface area contributed by atoms with Gasteiger partial charge in [0.25, 0.3) is 0 Å². The molecule has 0 aliphatic heterocycles. The molecule has 2 rings (SSSR count). The Morgan fingerprint density at radius 2 is 1.71 bits per heavy atom. The van der Waals surface area contributed by atoms with Gasteiger partial charge in [-0.15, -0.1) is 0 Å². The molecule has 0 amide bonds. The standard InChI is InChI=1S/C10H11NO.C2H6/c1-6-4-7(2)10-9(8(6)3)11-5-12-10;1-2/h4-5H,1-3H3;1-2H3. The van der Waals surface area contributed by atoms with Crippen LogP contribution in [0.1, 0.15) is 30.5 Å². The number of aryl methyl sites for hydroxylation is 3. The van der Waals surface area contributed by atoms with Gasteiger partial charge in [0, 0.05) is 0 Å². The molecule has 1 aromatic heterocycles. The molecule has 0 unspecified atom stereocenters. The van der Waals surface area contributed by atoms with E-state index in [0.717, 1.165) is 16.7 Å². The third kappa shape index (κ3) is 1.65. The number of aromatic nitrogens is 1. The molecule has 1 aromatic carbocycles. The first kappa shape index (κ1) is 10.8. The van der Waals surface area contributed by atoms with E-state index in [9.17, 15) is 0 Å². The molecule has 0 atom stereocenters. The summed E-state index contributed by atoms with van der Waals surface area (Å²) in [4.78, 5) is 4.17. The Bertz CT molecular complexity index is 429. The third-order valence-electron chi connectivity index (χ3n) is 2.31. The molecule has 0 radical (unpaired) electrons. The minimum Gasteiger partial charge on any atom is -0.443 e. The van der Waals surface area contributed by atoms with Crippen LogP contribution in [0.5, 0.6) is 0 Å². The monoisotopic (exact) mass is 191 g/mol. The lowest BCUT2D eigenvalue weighted by atomic mass is 10.1. The van der Waals surface area contributed by atoms with Gasteiger partial charge in [-0.1, -0.05) is 19.9 Å². The van der Waals surface area contributed by atoms with E-state index in [1.807, 2.05) is 20.8 Å². The first-order valence-corrected chi connectivity index (χ1v) is 5.00. The molecule has 1 heterocycles. The minimum atomic E-state index is 0.915. The summed E-state index contributed by atoms with van der Waals surface area (Å²) in [5, 5.41) is 0. The second kappa shape index (κ2) is 4.27. The van der Waals surface area contributed by atoms with E-state index in [0.29, 0.717) is 0 Å². The van der Waals surface area contributed by atoms with Crippen molar-refractivity contribution < 1.29 is 4.42 Å². The van der Waals surface area contributed by atoms with Gasteiger partial charge in [-0.2, -0.15) is 0 Å². The van der Waals surface area contributed by atoms with Crippen LogP contribution < -0.4 is 0 Å². The predicted molar refractivity (Wildman–Crippen MR) is 59.6 cm³/mol. The van der Waals surface area contributed by atoms with Crippen LogP contribution in [-0.4, -0.2) is 4.98 Å². The van der Waals surface area contributed by atoms with E-state index in [-0.39, 0.29) is 0 Å². The Labute approximate surface area is 85.0 Å². The maximum absolute atomic E-state index is 5.27. The molecular formula is C12H17NO. The molecule has 0 fully saturated rings. The molecule has 76 valence electrons. The summed E-state index contributed by atoms with van der Waals surface area (Å²) in [7, 11) is 0. The van der Waals surface area contributed by atoms with Gasteiger partial charge >= 0.3 is 0 Å². The summed E-state index contributed by atoms with van der Waals surface area (Å²) >= 11 is 0. The number of oxazole rings is 1. The molecule has 0 aliphatic rings. The maximum atomic E-state index is 5.27. The van der Waals surface area contributed by atoms with Gasteiger partial charge in [-0.25, -0.2) is 4.98 Å². The van der Waals surface area contributed by atoms with Gasteiger partial charge in [-0.05, 0) is 37.5 Å². The number of fused-ring (bicyclic) bond motifs is 1. The van der Waals surface area contributed by atoms with Crippen LogP contribution in [-0.2, 0) is 0 Å². The molecule has 0 N–H and O–H groups in total. The van der Waals surface area contributed by atoms with Gasteiger partial charge in [0.15, 0.2) is 12.0 Å². The topological polar surface area (TPSA) is 26.0 Å². The van der Waals surface area contributed by atoms with Gasteiger partial charge in [-0.3, -0.25) is 0 Å². The van der Waals surface area contributed by atoms with Crippen LogP contribution in [0.3, 0.4) is 0 Å². The highest BCUT2D eigenvalue weighted by molar-refractivity contribution is 5.80. The molecule has 0 spiro atoms. The van der Waals surface area contributed by atoms with E-state index >= 15 is 0 Å². The zero-order valence-corrected chi connectivity index (χ0v) is 9.51. The Hall–Kier alpha value is -1.31. The van der Waals surface area contributed by atoms with E-state index in [2.05, 4.69) is 24.9 Å². The lowest BCUT2D eigenvalue weighted by molar-refractivity contribution is 0.600. The van der Waals surface area contributed by atoms with Crippen molar-refractivity contribution in [2.24, 2.45) is 0 Å². The fraction of sp³-hybridized carbons (Fsp3) is 0.417. The summed E-state index contributed by atoms with van der Waals surface area (Å²) < 4.78 is 5.27. The predicted octanol–water partition coefficient (Wildman–Crippen LogP) is 3.78. The molecular weight excluding hydrogens is 174 g/mol. The highest BCUT2D eigenvalue weighted by Gasteiger charge is 2.06. The van der Waals surface area contributed by atoms with Crippen LogP contribution >= 0.6 is 0 Å². The quantitative estimate of drug-likeness (QED) is 0.633. The molecule has 0 aliphatic carbocycles. The van der Waals surface area contributed by atoms with Crippen molar-refractivity contribution in [2.45, 2.75) is 34.6 Å². The second-order valence-corrected chi connectivity index (χ2v) is 3.17. The number of hydrogen-bond acceptors (Lipinski definition) is 2. The highest BCUT2D eigenvalue weighted by Crippen LogP contribution is 2.23. The first-order valence-electron chi connectivity index (χ1n) is 5.00. The van der Waals surface area contributed by atoms with Crippen molar-refractivity contribution >= 4 is 11.1 Å². The van der Waals surface area contributed by atoms with Crippen molar-refractivity contribution in [2.75, 3.05) is 0 Å². The number of benzene rings is 1. The molecule has 0 bridgehead atoms. The Balaban J connectivity index is 0.000000461. The number of rotatable bonds is 0. The fourth-order valence-electron chi connectivity index (χ4n) is 1.48. The average molecular weight is 191 g/mol. The van der Waals surface area contributed by atoms with Gasteiger partial charge in [0.1, 0.15) is 5.52 Å². The molecule has 14 heavy (non-hydrogen) atoms. The van der Waals surface area contributed by atoms with Crippen LogP contribution in [0.15, 0.2) is 16.9 Å². The minimum absolute atomic E-state index is 0.915. The van der Waals surface area contributed by atoms with E-state index in [4.69, 9.17) is 4.42 Å². The highest BCUT2D eigenvalue weighted by atomic mass is 16.3. The molecule has 0 saturated carbocycles. The van der Waals surface area contributed by atoms with Crippen molar-refractivity contribution in [3.63, 3.8) is 0 Å². The van der Waals surface area contributed by atoms with Crippen LogP contribution in [0.2, 0.25) is 0 Å². The SMILES string of the molecule is CC.Cc1cc(C)c2ocnc2c1C. The van der Waals surface area contributed by atoms with Crippen LogP contribution in [0, 0.1) is 20.8 Å². The first-order chi connectivity index (χ1) is 6.70. The molecule has 2 heteroatoms. The van der Waals surface area contributed by atoms with Gasteiger partial charge in [0.05, 0.1) is 0 Å². The van der Waals surface area contributed by atoms with Crippen molar-refractivity contribution in [1.82, 2.24) is 4.98 Å². The lowest BCUT2D eigenvalue weighted by Gasteiger charge is -2.01. The van der Waals surface area contributed by atoms with E-state index in [1.54, 1.807) is 0 Å². The van der Waals surface area contributed by atoms with Gasteiger partial charge < -0.3 is 4.42 Å². The maximum Gasteiger partial charge on any atom is 0.182 e. The Morgan fingerprint density at radius 3 is 2.36 bits per heavy atom. The largest absolute Gasteiger partial charge is 0.443 e. The zero-order valence-electron chi connectivity index (χ0n) is 9.51. The average Bonchev–Trinajstić information content (AvgIpc) is 2.67. The Kier molecular flexibility index (Phi) is 3.28. The van der Waals surface area contributed by atoms with Gasteiger partial charge in [0.2, 0.25) is 0 Å². The number of nitrogens with zero attached hydrogens (tertiary/aromatic N) is 1. The Morgan fingerprint density at radius 1 is 1.07 bits per heavy atom. The molecule has 2 nitrogen and oxygen atoms in total. The summed E-state index contributed by atoms with van der Waals surface area (Å²) in [5.41, 5.74) is 5.55. The summed E-state index contributed by atoms with van der Waals surface area (Å²) in [6, 6.07) is 2.13. The second-order valence-electron chi connectivity index (χ2n) is 3.17. The molecule has 2 aromatic rings. The van der Waals surface area contributed by atoms with E-state index < -0.39 is 0 Å². The molecule has 0 saturated heterocycles. The fourth-order valence-corrected chi connectivity index (χ4v) is 1.48. The summed E-state index contributed by atoms with van der Waals surface area (Å²) in [6.07, 6.45) is 1.50. The van der Waals surface area contributed by atoms with Crippen molar-refractivity contribution in [3.8, 4) is 0 Å². The van der Waals surface area contributed by atoms with Crippen molar-refractivity contribution in [3.05, 3.63) is 29.2 Å². The number of hydrogen-bond donors (Lipinski definition) is 0. The normalized spacial score (nSPS) is 9.79.